The van der Waals surface area contributed by atoms with Gasteiger partial charge in [-0.3, -0.25) is 19.9 Å². The van der Waals surface area contributed by atoms with Gasteiger partial charge in [-0.15, -0.1) is 0 Å². The van der Waals surface area contributed by atoms with Crippen LogP contribution in [0.15, 0.2) is 60.8 Å². The van der Waals surface area contributed by atoms with E-state index in [0.29, 0.717) is 22.0 Å². The standard InChI is InChI=1S/C21H13F2N5O4/c22-13-3-1-12(16(23)9-13)2-8-20(29)25-14-4-6-18(24-11-14)21-26-17-7-5-15(28(31)32)10-19(17)27(21)30/h1-11,30H,(H,25,29). The molecule has 4 rings (SSSR count). The van der Waals surface area contributed by atoms with Crippen molar-refractivity contribution >= 4 is 34.4 Å². The summed E-state index contributed by atoms with van der Waals surface area (Å²) in [5.74, 6) is -2.02. The van der Waals surface area contributed by atoms with Crippen molar-refractivity contribution in [2.45, 2.75) is 0 Å². The average Bonchev–Trinajstić information content (AvgIpc) is 3.09. The van der Waals surface area contributed by atoms with Crippen LogP contribution in [0.5, 0.6) is 0 Å². The lowest BCUT2D eigenvalue weighted by molar-refractivity contribution is -0.384. The Kier molecular flexibility index (Phi) is 5.29. The Labute approximate surface area is 178 Å². The molecule has 0 saturated carbocycles. The molecule has 0 atom stereocenters. The minimum absolute atomic E-state index is 0.0529. The van der Waals surface area contributed by atoms with Gasteiger partial charge in [0.1, 0.15) is 22.8 Å². The number of benzene rings is 2. The van der Waals surface area contributed by atoms with E-state index < -0.39 is 22.5 Å². The van der Waals surface area contributed by atoms with E-state index in [1.165, 1.54) is 48.7 Å². The van der Waals surface area contributed by atoms with Gasteiger partial charge in [-0.1, -0.05) is 0 Å². The molecule has 1 amide bonds. The molecule has 32 heavy (non-hydrogen) atoms. The fourth-order valence-corrected chi connectivity index (χ4v) is 2.92. The average molecular weight is 437 g/mol. The van der Waals surface area contributed by atoms with Crippen LogP contribution in [0, 0.1) is 21.7 Å². The van der Waals surface area contributed by atoms with Crippen LogP contribution in [0.25, 0.3) is 28.6 Å². The molecule has 0 bridgehead atoms. The summed E-state index contributed by atoms with van der Waals surface area (Å²) in [6.07, 6.45) is 3.62. The molecular formula is C21H13F2N5O4. The topological polar surface area (TPSA) is 123 Å². The number of nitrogens with zero attached hydrogens (tertiary/aromatic N) is 4. The summed E-state index contributed by atoms with van der Waals surface area (Å²) in [6.45, 7) is 0. The summed E-state index contributed by atoms with van der Waals surface area (Å²) in [7, 11) is 0. The lowest BCUT2D eigenvalue weighted by atomic mass is 10.2. The number of hydrogen-bond donors (Lipinski definition) is 2. The molecule has 0 unspecified atom stereocenters. The van der Waals surface area contributed by atoms with Crippen LogP contribution in [0.1, 0.15) is 5.56 Å². The highest BCUT2D eigenvalue weighted by molar-refractivity contribution is 6.01. The van der Waals surface area contributed by atoms with Crippen LogP contribution < -0.4 is 5.32 Å². The molecule has 0 aliphatic carbocycles. The number of aromatic nitrogens is 3. The first-order valence-electron chi connectivity index (χ1n) is 9.08. The third-order valence-corrected chi connectivity index (χ3v) is 4.46. The Bertz CT molecular complexity index is 1380. The number of fused-ring (bicyclic) bond motifs is 1. The highest BCUT2D eigenvalue weighted by Crippen LogP contribution is 2.26. The van der Waals surface area contributed by atoms with Crippen molar-refractivity contribution in [3.05, 3.63) is 88.1 Å². The largest absolute Gasteiger partial charge is 0.426 e. The van der Waals surface area contributed by atoms with Crippen LogP contribution in [0.4, 0.5) is 20.2 Å². The number of anilines is 1. The van der Waals surface area contributed by atoms with Crippen LogP contribution in [0.2, 0.25) is 0 Å². The van der Waals surface area contributed by atoms with E-state index >= 15 is 0 Å². The van der Waals surface area contributed by atoms with Crippen LogP contribution in [-0.4, -0.2) is 30.7 Å². The summed E-state index contributed by atoms with van der Waals surface area (Å²) in [5.41, 5.74) is 0.917. The van der Waals surface area contributed by atoms with Gasteiger partial charge in [0.15, 0.2) is 5.82 Å². The summed E-state index contributed by atoms with van der Waals surface area (Å²) >= 11 is 0. The molecular weight excluding hydrogens is 424 g/mol. The number of carbonyl (C=O) groups excluding carboxylic acids is 1. The van der Waals surface area contributed by atoms with Gasteiger partial charge >= 0.3 is 0 Å². The first kappa shape index (κ1) is 20.6. The third kappa shape index (κ3) is 4.12. The normalized spacial score (nSPS) is 11.2. The number of nitrogens with one attached hydrogen (secondary N) is 1. The predicted octanol–water partition coefficient (Wildman–Crippen LogP) is 4.17. The second kappa shape index (κ2) is 8.22. The Morgan fingerprint density at radius 1 is 1.16 bits per heavy atom. The van der Waals surface area contributed by atoms with Crippen molar-refractivity contribution in [3.8, 4) is 11.5 Å². The van der Waals surface area contributed by atoms with Gasteiger partial charge in [0, 0.05) is 29.8 Å². The lowest BCUT2D eigenvalue weighted by Crippen LogP contribution is -2.08. The molecule has 2 aromatic heterocycles. The summed E-state index contributed by atoms with van der Waals surface area (Å²) in [6, 6.07) is 9.88. The molecule has 2 aromatic carbocycles. The SMILES string of the molecule is O=C(C=Cc1ccc(F)cc1F)Nc1ccc(-c2nc3ccc([N+](=O)[O-])cc3n2O)nc1. The number of halogens is 2. The van der Waals surface area contributed by atoms with Gasteiger partial charge in [-0.2, -0.15) is 4.73 Å². The van der Waals surface area contributed by atoms with Crippen LogP contribution in [-0.2, 0) is 4.79 Å². The monoisotopic (exact) mass is 437 g/mol. The summed E-state index contributed by atoms with van der Waals surface area (Å²) in [4.78, 5) is 30.7. The fraction of sp³-hybridized carbons (Fsp3) is 0. The predicted molar refractivity (Wildman–Crippen MR) is 111 cm³/mol. The van der Waals surface area contributed by atoms with Crippen LogP contribution >= 0.6 is 0 Å². The number of nitro groups is 1. The van der Waals surface area contributed by atoms with Crippen molar-refractivity contribution in [1.29, 1.82) is 0 Å². The quantitative estimate of drug-likeness (QED) is 0.209. The minimum Gasteiger partial charge on any atom is -0.426 e. The van der Waals surface area contributed by atoms with E-state index in [-0.39, 0.29) is 28.3 Å². The van der Waals surface area contributed by atoms with E-state index in [1.54, 1.807) is 0 Å². The molecule has 11 heteroatoms. The summed E-state index contributed by atoms with van der Waals surface area (Å²) in [5, 5.41) is 23.8. The van der Waals surface area contributed by atoms with E-state index in [4.69, 9.17) is 0 Å². The maximum atomic E-state index is 13.6. The van der Waals surface area contributed by atoms with Crippen molar-refractivity contribution in [1.82, 2.24) is 14.7 Å². The highest BCUT2D eigenvalue weighted by Gasteiger charge is 2.16. The number of hydrogen-bond acceptors (Lipinski definition) is 6. The number of rotatable bonds is 5. The number of carbonyl (C=O) groups is 1. The zero-order valence-corrected chi connectivity index (χ0v) is 16.1. The molecule has 0 saturated heterocycles. The molecule has 160 valence electrons. The Morgan fingerprint density at radius 3 is 2.66 bits per heavy atom. The molecule has 4 aromatic rings. The first-order valence-corrected chi connectivity index (χ1v) is 9.08. The van der Waals surface area contributed by atoms with Gasteiger partial charge in [0.2, 0.25) is 5.91 Å². The van der Waals surface area contributed by atoms with Gasteiger partial charge in [0.25, 0.3) is 5.69 Å². The maximum Gasteiger partial charge on any atom is 0.271 e. The van der Waals surface area contributed by atoms with Gasteiger partial charge in [-0.05, 0) is 36.4 Å². The van der Waals surface area contributed by atoms with Gasteiger partial charge in [-0.25, -0.2) is 13.8 Å². The lowest BCUT2D eigenvalue weighted by Gasteiger charge is -2.04. The Hall–Kier alpha value is -4.67. The maximum absolute atomic E-state index is 13.6. The third-order valence-electron chi connectivity index (χ3n) is 4.46. The molecule has 0 spiro atoms. The first-order chi connectivity index (χ1) is 15.3. The number of pyridine rings is 1. The molecule has 0 fully saturated rings. The van der Waals surface area contributed by atoms with Crippen molar-refractivity contribution in [2.75, 3.05) is 5.32 Å². The number of imidazole rings is 1. The highest BCUT2D eigenvalue weighted by atomic mass is 19.1. The number of amides is 1. The number of nitro benzene ring substituents is 1. The van der Waals surface area contributed by atoms with E-state index in [2.05, 4.69) is 15.3 Å². The van der Waals surface area contributed by atoms with Gasteiger partial charge < -0.3 is 10.5 Å². The molecule has 0 aliphatic heterocycles. The van der Waals surface area contributed by atoms with Crippen molar-refractivity contribution in [3.63, 3.8) is 0 Å². The van der Waals surface area contributed by atoms with E-state index in [1.807, 2.05) is 0 Å². The second-order valence-electron chi connectivity index (χ2n) is 6.60. The van der Waals surface area contributed by atoms with Crippen molar-refractivity contribution < 1.29 is 23.7 Å². The molecule has 2 N–H and O–H groups in total. The Balaban J connectivity index is 1.50. The molecule has 0 radical (unpaired) electrons. The Morgan fingerprint density at radius 2 is 1.97 bits per heavy atom. The fourth-order valence-electron chi connectivity index (χ4n) is 2.92. The van der Waals surface area contributed by atoms with Gasteiger partial charge in [0.05, 0.1) is 22.3 Å². The van der Waals surface area contributed by atoms with E-state index in [0.717, 1.165) is 12.1 Å². The van der Waals surface area contributed by atoms with Crippen LogP contribution in [0.3, 0.4) is 0 Å². The number of non-ortho nitro benzene ring substituents is 1. The van der Waals surface area contributed by atoms with Crippen molar-refractivity contribution in [2.24, 2.45) is 0 Å². The second-order valence-corrected chi connectivity index (χ2v) is 6.60. The molecule has 0 aliphatic rings. The minimum atomic E-state index is -0.794. The zero-order valence-electron chi connectivity index (χ0n) is 16.1. The molecule has 9 nitrogen and oxygen atoms in total. The van der Waals surface area contributed by atoms with E-state index in [9.17, 15) is 28.9 Å². The molecule has 2 heterocycles. The zero-order chi connectivity index (χ0) is 22.8. The summed E-state index contributed by atoms with van der Waals surface area (Å²) < 4.78 is 27.2. The smallest absolute Gasteiger partial charge is 0.271 e.